The number of aliphatic hydroxyl groups excluding tert-OH is 2. The van der Waals surface area contributed by atoms with E-state index in [-0.39, 0.29) is 19.3 Å². The van der Waals surface area contributed by atoms with Gasteiger partial charge in [0.05, 0.1) is 26.4 Å². The molecule has 0 aromatic rings. The van der Waals surface area contributed by atoms with Gasteiger partial charge in [0.15, 0.2) is 6.10 Å². The Morgan fingerprint density at radius 3 is 0.790 bits per heavy atom. The van der Waals surface area contributed by atoms with Gasteiger partial charge in [-0.05, 0) is 148 Å². The average Bonchev–Trinajstić information content (AvgIpc) is 0.911. The lowest BCUT2D eigenvalue weighted by atomic mass is 10.0. The van der Waals surface area contributed by atoms with E-state index in [1.807, 2.05) is 24.3 Å². The van der Waals surface area contributed by atoms with Crippen LogP contribution in [0.15, 0.2) is 194 Å². The van der Waals surface area contributed by atoms with Crippen LogP contribution in [-0.2, 0) is 55.8 Å². The molecule has 0 spiro atoms. The van der Waals surface area contributed by atoms with Crippen molar-refractivity contribution < 1.29 is 75.8 Å². The van der Waals surface area contributed by atoms with Gasteiger partial charge in [-0.25, -0.2) is 9.13 Å². The molecule has 0 fully saturated rings. The number of phosphoric acid groups is 2. The summed E-state index contributed by atoms with van der Waals surface area (Å²) < 4.78 is 61.0. The maximum absolute atomic E-state index is 12.9. The van der Waals surface area contributed by atoms with Gasteiger partial charge in [0.1, 0.15) is 25.4 Å². The highest BCUT2D eigenvalue weighted by atomic mass is 31.2. The maximum atomic E-state index is 12.9. The zero-order chi connectivity index (χ0) is 76.6. The lowest BCUT2D eigenvalue weighted by Gasteiger charge is -2.21. The summed E-state index contributed by atoms with van der Waals surface area (Å²) in [5.41, 5.74) is 0. The van der Waals surface area contributed by atoms with Crippen molar-refractivity contribution in [3.8, 4) is 0 Å². The number of aliphatic hydroxyl groups is 2. The van der Waals surface area contributed by atoms with Crippen LogP contribution in [0.25, 0.3) is 0 Å². The first kappa shape index (κ1) is 99.4. The SMILES string of the molecule is CC/C=C\C/C=C\C/C=C\C/C=C\C/C=C\C/C=C\CCCCCCCCCCCCCCCCCCC(=O)OCC(O)COP(=O)(O)OCC(O)COP(=O)(O)OCC(COC(=O)CCC/C=C\C/C=C\C/C=C\C/C=C\C/C=C\CC)OC(=O)CCC/C=C\C/C=C\C/C=C\C/C=C\C/C=C\CC. The number of hydrogen-bond donors (Lipinski definition) is 4. The largest absolute Gasteiger partial charge is 0.472 e. The fraction of sp³-hybridized carbons (Fsp3) is 0.598. The molecule has 0 saturated heterocycles. The third-order valence-electron chi connectivity index (χ3n) is 15.8. The van der Waals surface area contributed by atoms with E-state index in [2.05, 4.69) is 191 Å². The van der Waals surface area contributed by atoms with E-state index in [4.69, 9.17) is 32.3 Å². The first-order valence-electron chi connectivity index (χ1n) is 39.7. The van der Waals surface area contributed by atoms with Gasteiger partial charge in [0.25, 0.3) is 0 Å². The normalized spacial score (nSPS) is 15.0. The molecular weight excluding hydrogens is 1360 g/mol. The van der Waals surface area contributed by atoms with Gasteiger partial charge in [0, 0.05) is 19.3 Å². The van der Waals surface area contributed by atoms with E-state index in [9.17, 15) is 43.5 Å². The molecule has 18 heteroatoms. The van der Waals surface area contributed by atoms with Gasteiger partial charge in [-0.3, -0.25) is 32.5 Å². The van der Waals surface area contributed by atoms with Crippen molar-refractivity contribution in [3.05, 3.63) is 194 Å². The zero-order valence-corrected chi connectivity index (χ0v) is 66.6. The molecular formula is C87H140O16P2. The first-order valence-corrected chi connectivity index (χ1v) is 42.7. The van der Waals surface area contributed by atoms with Crippen molar-refractivity contribution in [1.29, 1.82) is 0 Å². The van der Waals surface area contributed by atoms with E-state index < -0.39 is 91.5 Å². The molecule has 594 valence electrons. The van der Waals surface area contributed by atoms with Gasteiger partial charge in [-0.1, -0.05) is 305 Å². The second-order valence-electron chi connectivity index (χ2n) is 25.7. The second kappa shape index (κ2) is 78.0. The highest BCUT2D eigenvalue weighted by molar-refractivity contribution is 7.47. The van der Waals surface area contributed by atoms with Gasteiger partial charge in [-0.15, -0.1) is 0 Å². The lowest BCUT2D eigenvalue weighted by Crippen LogP contribution is -2.30. The second-order valence-corrected chi connectivity index (χ2v) is 28.6. The summed E-state index contributed by atoms with van der Waals surface area (Å²) in [5, 5.41) is 20.6. The van der Waals surface area contributed by atoms with E-state index in [0.717, 1.165) is 122 Å². The molecule has 0 aliphatic heterocycles. The molecule has 0 saturated carbocycles. The number of hydrogen-bond acceptors (Lipinski definition) is 14. The number of ether oxygens (including phenoxy) is 3. The van der Waals surface area contributed by atoms with Crippen molar-refractivity contribution in [1.82, 2.24) is 0 Å². The first-order chi connectivity index (χ1) is 51.2. The van der Waals surface area contributed by atoms with Crippen LogP contribution in [0.4, 0.5) is 0 Å². The number of carbonyl (C=O) groups is 3. The van der Waals surface area contributed by atoms with Crippen molar-refractivity contribution in [3.63, 3.8) is 0 Å². The summed E-state index contributed by atoms with van der Waals surface area (Å²) >= 11 is 0. The lowest BCUT2D eigenvalue weighted by molar-refractivity contribution is -0.161. The Kier molecular flexibility index (Phi) is 73.8. The summed E-state index contributed by atoms with van der Waals surface area (Å²) in [7, 11) is -9.84. The predicted octanol–water partition coefficient (Wildman–Crippen LogP) is 23.5. The molecule has 0 bridgehead atoms. The quantitative estimate of drug-likeness (QED) is 0.0146. The molecule has 0 heterocycles. The standard InChI is InChI=1S/C87H140O16P2/c1-4-7-10-13-16-19-22-25-28-31-32-33-34-35-36-37-38-39-40-41-42-43-44-45-46-47-48-51-53-55-58-61-64-67-70-73-85(90)97-76-82(88)77-99-104(93,94)100-78-83(89)79-101-105(95,96)102-81-84(103-87(92)75-72-69-66-63-60-57-54-50-30-27-24-21-18-15-12-9-6-3)80-98-86(91)74-71-68-65-62-59-56-52-49-29-26-23-20-17-14-11-8-5-2/h7-12,16-21,25-30,32-33,35-36,38-39,52,54,56-57,62-63,65-66,82-84,88-89H,4-6,13-15,22-24,31,34,37,40-51,53,55,58-61,64,67-81H2,1-3H3,(H,93,94)(H,95,96)/b10-7-,11-8-,12-9-,19-16-,20-17-,21-18-,28-25-,29-26-,30-27-,33-32-,36-35-,39-38-,56-52-,57-54-,65-62-,66-63-. The van der Waals surface area contributed by atoms with Gasteiger partial charge in [-0.2, -0.15) is 0 Å². The Balaban J connectivity index is 4.50. The number of esters is 3. The summed E-state index contributed by atoms with van der Waals surface area (Å²) in [4.78, 5) is 58.5. The number of phosphoric ester groups is 2. The van der Waals surface area contributed by atoms with E-state index in [1.165, 1.54) is 83.5 Å². The molecule has 0 aliphatic rings. The minimum atomic E-state index is -4.96. The van der Waals surface area contributed by atoms with Crippen molar-refractivity contribution in [2.45, 2.75) is 296 Å². The van der Waals surface area contributed by atoms with Gasteiger partial charge >= 0.3 is 33.6 Å². The molecule has 105 heavy (non-hydrogen) atoms. The summed E-state index contributed by atoms with van der Waals surface area (Å²) in [6, 6.07) is 0. The van der Waals surface area contributed by atoms with E-state index >= 15 is 0 Å². The molecule has 4 N–H and O–H groups in total. The molecule has 0 aliphatic carbocycles. The molecule has 0 amide bonds. The van der Waals surface area contributed by atoms with E-state index in [1.54, 1.807) is 0 Å². The number of carbonyl (C=O) groups excluding carboxylic acids is 3. The highest BCUT2D eigenvalue weighted by Crippen LogP contribution is 2.45. The van der Waals surface area contributed by atoms with Crippen molar-refractivity contribution >= 4 is 33.6 Å². The predicted molar refractivity (Wildman–Crippen MR) is 435 cm³/mol. The van der Waals surface area contributed by atoms with Crippen LogP contribution in [-0.4, -0.2) is 95.9 Å². The summed E-state index contributed by atoms with van der Waals surface area (Å²) in [6.07, 6.45) is 102. The Bertz CT molecular complexity index is 2690. The molecule has 0 aromatic heterocycles. The topological polar surface area (TPSA) is 231 Å². The van der Waals surface area contributed by atoms with Crippen LogP contribution in [0.2, 0.25) is 0 Å². The fourth-order valence-electron chi connectivity index (χ4n) is 9.88. The Morgan fingerprint density at radius 2 is 0.486 bits per heavy atom. The molecule has 16 nitrogen and oxygen atoms in total. The molecule has 5 unspecified atom stereocenters. The Hall–Kier alpha value is -5.61. The Morgan fingerprint density at radius 1 is 0.267 bits per heavy atom. The number of unbranched alkanes of at least 4 members (excludes halogenated alkanes) is 18. The Labute approximate surface area is 636 Å². The number of allylic oxidation sites excluding steroid dienone is 32. The third kappa shape index (κ3) is 79.3. The van der Waals surface area contributed by atoms with Crippen LogP contribution in [0, 0.1) is 0 Å². The maximum Gasteiger partial charge on any atom is 0.472 e. The zero-order valence-electron chi connectivity index (χ0n) is 64.8. The monoisotopic (exact) mass is 1500 g/mol. The van der Waals surface area contributed by atoms with Gasteiger partial charge < -0.3 is 34.2 Å². The minimum absolute atomic E-state index is 0.00714. The molecule has 0 aromatic carbocycles. The van der Waals surface area contributed by atoms with Crippen LogP contribution < -0.4 is 0 Å². The van der Waals surface area contributed by atoms with E-state index in [0.29, 0.717) is 32.1 Å². The highest BCUT2D eigenvalue weighted by Gasteiger charge is 2.29. The molecule has 0 radical (unpaired) electrons. The van der Waals surface area contributed by atoms with Gasteiger partial charge in [0.2, 0.25) is 0 Å². The van der Waals surface area contributed by atoms with Crippen LogP contribution >= 0.6 is 15.6 Å². The van der Waals surface area contributed by atoms with Crippen molar-refractivity contribution in [2.75, 3.05) is 39.6 Å². The van der Waals surface area contributed by atoms with Crippen LogP contribution in [0.3, 0.4) is 0 Å². The fourth-order valence-corrected chi connectivity index (χ4v) is 11.5. The number of rotatable bonds is 73. The van der Waals surface area contributed by atoms with Crippen LogP contribution in [0.5, 0.6) is 0 Å². The van der Waals surface area contributed by atoms with Crippen LogP contribution in [0.1, 0.15) is 278 Å². The minimum Gasteiger partial charge on any atom is -0.463 e. The molecule has 5 atom stereocenters. The smallest absolute Gasteiger partial charge is 0.463 e. The summed E-state index contributed by atoms with van der Waals surface area (Å²) in [6.45, 7) is 2.17. The average molecular weight is 1500 g/mol. The van der Waals surface area contributed by atoms with Crippen molar-refractivity contribution in [2.24, 2.45) is 0 Å². The molecule has 0 rings (SSSR count). The third-order valence-corrected chi connectivity index (χ3v) is 17.7. The summed E-state index contributed by atoms with van der Waals surface area (Å²) in [5.74, 6) is -1.73.